The molecule has 0 fully saturated rings. The Hall–Kier alpha value is -4.09. The predicted octanol–water partition coefficient (Wildman–Crippen LogP) is 2.54. The van der Waals surface area contributed by atoms with Crippen LogP contribution < -0.4 is 4.48 Å². The standard InChI is InChI=1S/C29H29AsFN7O4S/c1-3-16-11-25(39)20(31)12-19(16)17-4-5-18-22(10-17)36-37-27(18)28-34-21-6-8-38(15-24(21)35-28)29(40)23-13-33-26(14-32-23)30-7-9-43(2,41)42/h4-5,10-14,30,39H,3,6-9,15H2,1-2H3,(H,34,35)(H,36,37). The van der Waals surface area contributed by atoms with Crippen molar-refractivity contribution in [2.75, 3.05) is 18.6 Å². The number of carbonyl (C=O) groups is 1. The third kappa shape index (κ3) is 6.05. The normalized spacial score (nSPS) is 13.7. The molecule has 4 heterocycles. The van der Waals surface area contributed by atoms with E-state index in [2.05, 4.69) is 25.1 Å². The Morgan fingerprint density at radius 2 is 2.02 bits per heavy atom. The smallest absolute Gasteiger partial charge is 0.277 e. The van der Waals surface area contributed by atoms with Crippen molar-refractivity contribution in [2.24, 2.45) is 0 Å². The number of H-pyrrole nitrogens is 2. The maximum absolute atomic E-state index is 14.2. The van der Waals surface area contributed by atoms with Crippen LogP contribution in [-0.2, 0) is 29.2 Å². The van der Waals surface area contributed by atoms with Crippen LogP contribution in [0.4, 0.5) is 4.39 Å². The molecule has 5 aromatic rings. The molecule has 6 rings (SSSR count). The monoisotopic (exact) mass is 665 g/mol. The van der Waals surface area contributed by atoms with Crippen molar-refractivity contribution in [3.8, 4) is 28.4 Å². The number of imidazole rings is 1. The van der Waals surface area contributed by atoms with E-state index in [4.69, 9.17) is 4.98 Å². The Bertz CT molecular complexity index is 1960. The quantitative estimate of drug-likeness (QED) is 0.214. The van der Waals surface area contributed by atoms with Crippen LogP contribution in [0.1, 0.15) is 34.4 Å². The third-order valence-electron chi connectivity index (χ3n) is 7.43. The second-order valence-electron chi connectivity index (χ2n) is 10.5. The summed E-state index contributed by atoms with van der Waals surface area (Å²) in [4.78, 5) is 31.7. The molecule has 14 heteroatoms. The van der Waals surface area contributed by atoms with Gasteiger partial charge in [-0.15, -0.1) is 0 Å². The summed E-state index contributed by atoms with van der Waals surface area (Å²) in [6.07, 6.45) is 5.49. The molecule has 3 N–H and O–H groups in total. The number of hydrogen-bond acceptors (Lipinski definition) is 8. The van der Waals surface area contributed by atoms with E-state index in [-0.39, 0.29) is 23.1 Å². The number of halogens is 1. The van der Waals surface area contributed by atoms with Gasteiger partial charge in [-0.3, -0.25) is 5.10 Å². The zero-order valence-corrected chi connectivity index (χ0v) is 26.4. The second-order valence-corrected chi connectivity index (χ2v) is 15.6. The fourth-order valence-electron chi connectivity index (χ4n) is 5.17. The molecule has 222 valence electrons. The van der Waals surface area contributed by atoms with Gasteiger partial charge in [0.05, 0.1) is 5.52 Å². The summed E-state index contributed by atoms with van der Waals surface area (Å²) in [5, 5.41) is 18.8. The molecule has 43 heavy (non-hydrogen) atoms. The van der Waals surface area contributed by atoms with Gasteiger partial charge >= 0.3 is 162 Å². The molecule has 0 bridgehead atoms. The molecule has 1 atom stereocenters. The molecule has 1 amide bonds. The Labute approximate surface area is 253 Å². The van der Waals surface area contributed by atoms with Crippen LogP contribution in [0.2, 0.25) is 5.21 Å². The molecule has 0 radical (unpaired) electrons. The first-order valence-electron chi connectivity index (χ1n) is 13.7. The number of phenols is 1. The van der Waals surface area contributed by atoms with E-state index in [1.165, 1.54) is 24.6 Å². The fourth-order valence-corrected chi connectivity index (χ4v) is 9.81. The fraction of sp³-hybridized carbons (Fsp3) is 0.276. The van der Waals surface area contributed by atoms with E-state index in [0.717, 1.165) is 37.9 Å². The van der Waals surface area contributed by atoms with Crippen molar-refractivity contribution in [3.05, 3.63) is 71.2 Å². The Morgan fingerprint density at radius 3 is 2.77 bits per heavy atom. The number of nitrogens with one attached hydrogen (secondary N) is 2. The van der Waals surface area contributed by atoms with Crippen molar-refractivity contribution >= 4 is 46.9 Å². The number of sulfone groups is 1. The first kappa shape index (κ1) is 29.0. The van der Waals surface area contributed by atoms with E-state index in [9.17, 15) is 22.7 Å². The first-order valence-corrected chi connectivity index (χ1v) is 18.3. The van der Waals surface area contributed by atoms with Gasteiger partial charge in [0.15, 0.2) is 11.6 Å². The third-order valence-corrected chi connectivity index (χ3v) is 11.5. The van der Waals surface area contributed by atoms with Crippen LogP contribution in [-0.4, -0.2) is 88.8 Å². The first-order chi connectivity index (χ1) is 20.6. The molecule has 2 aromatic carbocycles. The molecule has 1 unspecified atom stereocenters. The Morgan fingerprint density at radius 1 is 1.19 bits per heavy atom. The van der Waals surface area contributed by atoms with Crippen molar-refractivity contribution in [3.63, 3.8) is 0 Å². The molecular weight excluding hydrogens is 636 g/mol. The van der Waals surface area contributed by atoms with Gasteiger partial charge < -0.3 is 5.11 Å². The number of benzene rings is 2. The molecule has 0 aliphatic carbocycles. The maximum atomic E-state index is 14.2. The molecule has 1 aliphatic rings. The van der Waals surface area contributed by atoms with E-state index in [1.54, 1.807) is 11.1 Å². The number of hydrogen-bond donors (Lipinski definition) is 3. The zero-order chi connectivity index (χ0) is 30.3. The van der Waals surface area contributed by atoms with Gasteiger partial charge in [0.2, 0.25) is 0 Å². The van der Waals surface area contributed by atoms with Gasteiger partial charge in [0, 0.05) is 0 Å². The summed E-state index contributed by atoms with van der Waals surface area (Å²) in [7, 11) is -3.01. The van der Waals surface area contributed by atoms with Gasteiger partial charge in [-0.2, -0.15) is 0 Å². The summed E-state index contributed by atoms with van der Waals surface area (Å²) >= 11 is -0.740. The SMILES string of the molecule is CCc1cc(O)c(F)cc1-c1ccc2c(-c3nc4c([nH]3)CCN(C(=O)c3cnc([AsH]CCS(C)(=O)=O)cn3)C4)n[nH]c2c1. The van der Waals surface area contributed by atoms with Crippen LogP contribution in [0.3, 0.4) is 0 Å². The van der Waals surface area contributed by atoms with Gasteiger partial charge in [-0.1, -0.05) is 13.0 Å². The molecule has 0 spiro atoms. The number of amides is 1. The second kappa shape index (κ2) is 11.5. The summed E-state index contributed by atoms with van der Waals surface area (Å²) in [6, 6.07) is 8.53. The van der Waals surface area contributed by atoms with Crippen LogP contribution in [0, 0.1) is 5.82 Å². The van der Waals surface area contributed by atoms with Gasteiger partial charge in [0.25, 0.3) is 0 Å². The van der Waals surface area contributed by atoms with Crippen molar-refractivity contribution in [1.82, 2.24) is 35.0 Å². The molecule has 3 aromatic heterocycles. The van der Waals surface area contributed by atoms with Crippen LogP contribution >= 0.6 is 0 Å². The number of phenolic OH excluding ortho intramolecular Hbond substituents is 1. The average Bonchev–Trinajstić information content (AvgIpc) is 3.61. The summed E-state index contributed by atoms with van der Waals surface area (Å²) < 4.78 is 37.6. The number of carbonyl (C=O) groups excluding carboxylic acids is 1. The molecular formula is C29H29AsFN7O4S. The van der Waals surface area contributed by atoms with Crippen molar-refractivity contribution in [2.45, 2.75) is 31.5 Å². The number of aromatic hydroxyl groups is 1. The van der Waals surface area contributed by atoms with Crippen LogP contribution in [0.15, 0.2) is 42.7 Å². The number of nitrogens with zero attached hydrogens (tertiary/aromatic N) is 5. The van der Waals surface area contributed by atoms with E-state index in [0.29, 0.717) is 48.2 Å². The van der Waals surface area contributed by atoms with Crippen LogP contribution in [0.25, 0.3) is 33.5 Å². The number of aryl methyl sites for hydroxylation is 1. The van der Waals surface area contributed by atoms with E-state index < -0.39 is 31.4 Å². The number of fused-ring (bicyclic) bond motifs is 2. The van der Waals surface area contributed by atoms with Crippen LogP contribution in [0.5, 0.6) is 5.75 Å². The zero-order valence-electron chi connectivity index (χ0n) is 23.5. The molecule has 1 aliphatic heterocycles. The molecule has 11 nitrogen and oxygen atoms in total. The average molecular weight is 666 g/mol. The topological polar surface area (TPSA) is 158 Å². The van der Waals surface area contributed by atoms with Gasteiger partial charge in [-0.25, -0.2) is 4.39 Å². The van der Waals surface area contributed by atoms with E-state index >= 15 is 0 Å². The van der Waals surface area contributed by atoms with E-state index in [1.807, 2.05) is 25.1 Å². The minimum atomic E-state index is -3.01. The molecule has 0 saturated carbocycles. The minimum absolute atomic E-state index is 0.132. The van der Waals surface area contributed by atoms with Crippen molar-refractivity contribution in [1.29, 1.82) is 0 Å². The molecule has 0 saturated heterocycles. The van der Waals surface area contributed by atoms with Gasteiger partial charge in [0.1, 0.15) is 0 Å². The Kier molecular flexibility index (Phi) is 7.78. The van der Waals surface area contributed by atoms with Gasteiger partial charge in [-0.05, 0) is 47.4 Å². The van der Waals surface area contributed by atoms with Crippen molar-refractivity contribution < 1.29 is 22.7 Å². The predicted molar refractivity (Wildman–Crippen MR) is 162 cm³/mol. The summed E-state index contributed by atoms with van der Waals surface area (Å²) in [5.41, 5.74) is 5.69. The summed E-state index contributed by atoms with van der Waals surface area (Å²) in [6.45, 7) is 2.76. The number of rotatable bonds is 8. The summed E-state index contributed by atoms with van der Waals surface area (Å²) in [5.74, 6) is -0.545. The number of aromatic amines is 2. The minimum Gasteiger partial charge on any atom is -0.277 e. The Balaban J connectivity index is 1.18. The number of aromatic nitrogens is 6.